The van der Waals surface area contributed by atoms with Crippen LogP contribution in [-0.2, 0) is 20.0 Å². The summed E-state index contributed by atoms with van der Waals surface area (Å²) in [6.45, 7) is 5.70. The van der Waals surface area contributed by atoms with Gasteiger partial charge in [0.25, 0.3) is 0 Å². The molecule has 1 aliphatic carbocycles. The SMILES string of the molecule is CCc1nn(C)cc1CN(C[C@H]1CCCN1)C1CC1. The molecule has 0 aromatic carbocycles. The molecular weight excluding hydrogens is 236 g/mol. The van der Waals surface area contributed by atoms with E-state index >= 15 is 0 Å². The summed E-state index contributed by atoms with van der Waals surface area (Å²) >= 11 is 0. The van der Waals surface area contributed by atoms with Gasteiger partial charge in [-0.25, -0.2) is 0 Å². The molecule has 1 aromatic heterocycles. The Morgan fingerprint density at radius 1 is 1.42 bits per heavy atom. The number of hydrogen-bond acceptors (Lipinski definition) is 3. The summed E-state index contributed by atoms with van der Waals surface area (Å²) in [6, 6.07) is 1.54. The smallest absolute Gasteiger partial charge is 0.0666 e. The van der Waals surface area contributed by atoms with E-state index in [9.17, 15) is 0 Å². The molecule has 2 fully saturated rings. The van der Waals surface area contributed by atoms with E-state index in [1.54, 1.807) is 0 Å². The van der Waals surface area contributed by atoms with Crippen LogP contribution < -0.4 is 5.32 Å². The van der Waals surface area contributed by atoms with E-state index in [0.29, 0.717) is 6.04 Å². The van der Waals surface area contributed by atoms with Gasteiger partial charge in [0.2, 0.25) is 0 Å². The van der Waals surface area contributed by atoms with Crippen molar-refractivity contribution in [3.63, 3.8) is 0 Å². The molecule has 4 heteroatoms. The fraction of sp³-hybridized carbons (Fsp3) is 0.800. The Labute approximate surface area is 116 Å². The van der Waals surface area contributed by atoms with Gasteiger partial charge in [-0.15, -0.1) is 0 Å². The first kappa shape index (κ1) is 13.1. The van der Waals surface area contributed by atoms with Crippen molar-refractivity contribution >= 4 is 0 Å². The highest BCUT2D eigenvalue weighted by Crippen LogP contribution is 2.29. The Hall–Kier alpha value is -0.870. The largest absolute Gasteiger partial charge is 0.313 e. The van der Waals surface area contributed by atoms with Crippen LogP contribution in [0.15, 0.2) is 6.20 Å². The summed E-state index contributed by atoms with van der Waals surface area (Å²) in [7, 11) is 2.03. The van der Waals surface area contributed by atoms with Crippen LogP contribution in [0.5, 0.6) is 0 Å². The highest BCUT2D eigenvalue weighted by Gasteiger charge is 2.31. The minimum atomic E-state index is 0.711. The van der Waals surface area contributed by atoms with Gasteiger partial charge in [-0.2, -0.15) is 5.10 Å². The molecule has 0 spiro atoms. The molecule has 3 rings (SSSR count). The van der Waals surface area contributed by atoms with Gasteiger partial charge in [-0.1, -0.05) is 6.92 Å². The summed E-state index contributed by atoms with van der Waals surface area (Å²) in [6.07, 6.45) is 8.70. The molecule has 0 radical (unpaired) electrons. The number of nitrogens with one attached hydrogen (secondary N) is 1. The number of aromatic nitrogens is 2. The molecule has 1 saturated carbocycles. The Kier molecular flexibility index (Phi) is 3.89. The number of hydrogen-bond donors (Lipinski definition) is 1. The molecule has 1 atom stereocenters. The van der Waals surface area contributed by atoms with Crippen molar-refractivity contribution in [3.05, 3.63) is 17.5 Å². The fourth-order valence-corrected chi connectivity index (χ4v) is 3.21. The van der Waals surface area contributed by atoms with Gasteiger partial charge in [0.1, 0.15) is 0 Å². The molecule has 19 heavy (non-hydrogen) atoms. The summed E-state index contributed by atoms with van der Waals surface area (Å²) in [5, 5.41) is 8.19. The molecule has 1 N–H and O–H groups in total. The topological polar surface area (TPSA) is 33.1 Å². The molecule has 4 nitrogen and oxygen atoms in total. The van der Waals surface area contributed by atoms with E-state index in [0.717, 1.165) is 19.0 Å². The van der Waals surface area contributed by atoms with Gasteiger partial charge in [-0.3, -0.25) is 9.58 Å². The molecule has 0 unspecified atom stereocenters. The van der Waals surface area contributed by atoms with Crippen LogP contribution in [0.25, 0.3) is 0 Å². The average Bonchev–Trinajstić information content (AvgIpc) is 3.01. The van der Waals surface area contributed by atoms with Crippen molar-refractivity contribution in [2.24, 2.45) is 7.05 Å². The maximum absolute atomic E-state index is 4.57. The maximum atomic E-state index is 4.57. The lowest BCUT2D eigenvalue weighted by Crippen LogP contribution is -2.38. The molecule has 1 aliphatic heterocycles. The molecule has 1 aromatic rings. The minimum absolute atomic E-state index is 0.711. The third kappa shape index (κ3) is 3.18. The van der Waals surface area contributed by atoms with Gasteiger partial charge < -0.3 is 5.32 Å². The summed E-state index contributed by atoms with van der Waals surface area (Å²) in [5.41, 5.74) is 2.70. The highest BCUT2D eigenvalue weighted by molar-refractivity contribution is 5.17. The van der Waals surface area contributed by atoms with Crippen LogP contribution in [0.2, 0.25) is 0 Å². The summed E-state index contributed by atoms with van der Waals surface area (Å²) in [5.74, 6) is 0. The number of aryl methyl sites for hydroxylation is 2. The van der Waals surface area contributed by atoms with Crippen molar-refractivity contribution in [2.75, 3.05) is 13.1 Å². The first-order valence-corrected chi connectivity index (χ1v) is 7.75. The summed E-state index contributed by atoms with van der Waals surface area (Å²) in [4.78, 5) is 2.68. The van der Waals surface area contributed by atoms with Crippen LogP contribution in [-0.4, -0.2) is 39.9 Å². The molecule has 1 saturated heterocycles. The number of rotatable bonds is 6. The molecule has 0 bridgehead atoms. The Bertz CT molecular complexity index is 416. The quantitative estimate of drug-likeness (QED) is 0.847. The lowest BCUT2D eigenvalue weighted by Gasteiger charge is -2.25. The standard InChI is InChI=1S/C15H26N4/c1-3-15-12(9-18(2)17-15)10-19(14-6-7-14)11-13-5-4-8-16-13/h9,13-14,16H,3-8,10-11H2,1-2H3/t13-/m1/s1. The monoisotopic (exact) mass is 262 g/mol. The first-order chi connectivity index (χ1) is 9.26. The predicted octanol–water partition coefficient (Wildman–Crippen LogP) is 1.70. The molecule has 2 aliphatic rings. The van der Waals surface area contributed by atoms with Crippen LogP contribution in [0.1, 0.15) is 43.9 Å². The number of nitrogens with zero attached hydrogens (tertiary/aromatic N) is 3. The van der Waals surface area contributed by atoms with E-state index in [1.165, 1.54) is 50.0 Å². The first-order valence-electron chi connectivity index (χ1n) is 7.75. The molecule has 106 valence electrons. The zero-order chi connectivity index (χ0) is 13.2. The van der Waals surface area contributed by atoms with E-state index in [1.807, 2.05) is 11.7 Å². The molecular formula is C15H26N4. The second-order valence-corrected chi connectivity index (χ2v) is 6.08. The van der Waals surface area contributed by atoms with E-state index in [2.05, 4.69) is 28.4 Å². The third-order valence-electron chi connectivity index (χ3n) is 4.38. The normalized spacial score (nSPS) is 23.4. The Balaban J connectivity index is 1.66. The van der Waals surface area contributed by atoms with Gasteiger partial charge in [0, 0.05) is 44.0 Å². The highest BCUT2D eigenvalue weighted by atomic mass is 15.3. The zero-order valence-electron chi connectivity index (χ0n) is 12.2. The van der Waals surface area contributed by atoms with Gasteiger partial charge in [-0.05, 0) is 38.6 Å². The Morgan fingerprint density at radius 2 is 2.26 bits per heavy atom. The molecule has 0 amide bonds. The molecule has 2 heterocycles. The second-order valence-electron chi connectivity index (χ2n) is 6.08. The van der Waals surface area contributed by atoms with Crippen LogP contribution in [0.4, 0.5) is 0 Å². The van der Waals surface area contributed by atoms with Gasteiger partial charge in [0.05, 0.1) is 5.69 Å². The second kappa shape index (κ2) is 5.63. The van der Waals surface area contributed by atoms with Crippen molar-refractivity contribution in [1.82, 2.24) is 20.0 Å². The maximum Gasteiger partial charge on any atom is 0.0666 e. The van der Waals surface area contributed by atoms with E-state index in [-0.39, 0.29) is 0 Å². The van der Waals surface area contributed by atoms with Crippen molar-refractivity contribution < 1.29 is 0 Å². The van der Waals surface area contributed by atoms with Crippen LogP contribution >= 0.6 is 0 Å². The fourth-order valence-electron chi connectivity index (χ4n) is 3.21. The zero-order valence-corrected chi connectivity index (χ0v) is 12.2. The lowest BCUT2D eigenvalue weighted by atomic mass is 10.1. The van der Waals surface area contributed by atoms with Crippen LogP contribution in [0, 0.1) is 0 Å². The predicted molar refractivity (Wildman–Crippen MR) is 77.0 cm³/mol. The van der Waals surface area contributed by atoms with Crippen LogP contribution in [0.3, 0.4) is 0 Å². The van der Waals surface area contributed by atoms with Gasteiger partial charge >= 0.3 is 0 Å². The average molecular weight is 262 g/mol. The lowest BCUT2D eigenvalue weighted by molar-refractivity contribution is 0.230. The minimum Gasteiger partial charge on any atom is -0.313 e. The summed E-state index contributed by atoms with van der Waals surface area (Å²) < 4.78 is 1.97. The van der Waals surface area contributed by atoms with Crippen molar-refractivity contribution in [2.45, 2.75) is 57.7 Å². The van der Waals surface area contributed by atoms with Gasteiger partial charge in [0.15, 0.2) is 0 Å². The Morgan fingerprint density at radius 3 is 2.89 bits per heavy atom. The van der Waals surface area contributed by atoms with E-state index < -0.39 is 0 Å². The van der Waals surface area contributed by atoms with Crippen molar-refractivity contribution in [3.8, 4) is 0 Å². The third-order valence-corrected chi connectivity index (χ3v) is 4.38. The van der Waals surface area contributed by atoms with E-state index in [4.69, 9.17) is 0 Å². The van der Waals surface area contributed by atoms with Crippen molar-refractivity contribution in [1.29, 1.82) is 0 Å².